The van der Waals surface area contributed by atoms with Gasteiger partial charge in [0, 0.05) is 6.54 Å². The van der Waals surface area contributed by atoms with Gasteiger partial charge in [0.2, 0.25) is 0 Å². The van der Waals surface area contributed by atoms with Gasteiger partial charge in [-0.25, -0.2) is 8.78 Å². The monoisotopic (exact) mass is 211 g/mol. The second kappa shape index (κ2) is 5.61. The predicted octanol–water partition coefficient (Wildman–Crippen LogP) is 3.02. The molecule has 1 aromatic carbocycles. The first-order valence-corrected chi connectivity index (χ1v) is 4.88. The van der Waals surface area contributed by atoms with Crippen molar-refractivity contribution < 1.29 is 8.78 Å². The Labute approximate surface area is 88.8 Å². The molecule has 0 unspecified atom stereocenters. The van der Waals surface area contributed by atoms with Crippen molar-refractivity contribution in [2.24, 2.45) is 0 Å². The van der Waals surface area contributed by atoms with E-state index in [0.717, 1.165) is 30.2 Å². The molecule has 0 atom stereocenters. The van der Waals surface area contributed by atoms with Gasteiger partial charge >= 0.3 is 0 Å². The first-order chi connectivity index (χ1) is 7.09. The lowest BCUT2D eigenvalue weighted by atomic mass is 10.2. The van der Waals surface area contributed by atoms with Crippen LogP contribution in [0.1, 0.15) is 18.9 Å². The summed E-state index contributed by atoms with van der Waals surface area (Å²) in [4.78, 5) is 0. The van der Waals surface area contributed by atoms with Crippen LogP contribution in [0.2, 0.25) is 0 Å². The van der Waals surface area contributed by atoms with Crippen molar-refractivity contribution in [3.8, 4) is 0 Å². The zero-order chi connectivity index (χ0) is 11.3. The van der Waals surface area contributed by atoms with Crippen molar-refractivity contribution in [1.82, 2.24) is 5.32 Å². The topological polar surface area (TPSA) is 12.0 Å². The summed E-state index contributed by atoms with van der Waals surface area (Å²) < 4.78 is 25.4. The maximum Gasteiger partial charge on any atom is 0.159 e. The third-order valence-electron chi connectivity index (χ3n) is 2.04. The first-order valence-electron chi connectivity index (χ1n) is 4.88. The molecular formula is C12H15F2N. The molecule has 1 nitrogen and oxygen atoms in total. The molecule has 0 spiro atoms. The maximum absolute atomic E-state index is 12.8. The summed E-state index contributed by atoms with van der Waals surface area (Å²) in [6.07, 6.45) is 0.893. The van der Waals surface area contributed by atoms with E-state index in [1.54, 1.807) is 6.07 Å². The van der Waals surface area contributed by atoms with Crippen LogP contribution in [0.5, 0.6) is 0 Å². The molecule has 82 valence electrons. The van der Waals surface area contributed by atoms with Crippen LogP contribution in [0.4, 0.5) is 8.78 Å². The average molecular weight is 211 g/mol. The summed E-state index contributed by atoms with van der Waals surface area (Å²) in [6.45, 7) is 7.08. The van der Waals surface area contributed by atoms with Crippen LogP contribution in [0.15, 0.2) is 30.4 Å². The van der Waals surface area contributed by atoms with Gasteiger partial charge in [-0.3, -0.25) is 0 Å². The van der Waals surface area contributed by atoms with E-state index in [4.69, 9.17) is 0 Å². The number of halogens is 2. The fourth-order valence-corrected chi connectivity index (χ4v) is 1.18. The smallest absolute Gasteiger partial charge is 0.159 e. The maximum atomic E-state index is 12.8. The summed E-state index contributed by atoms with van der Waals surface area (Å²) in [6, 6.07) is 3.93. The van der Waals surface area contributed by atoms with Gasteiger partial charge in [0.15, 0.2) is 11.6 Å². The standard InChI is InChI=1S/C12H15F2N/c1-9(2)5-6-15-8-10-3-4-11(13)12(14)7-10/h3-4,7,15H,1,5-6,8H2,2H3. The quantitative estimate of drug-likeness (QED) is 0.583. The molecule has 3 heteroatoms. The predicted molar refractivity (Wildman–Crippen MR) is 57.5 cm³/mol. The molecular weight excluding hydrogens is 196 g/mol. The Morgan fingerprint density at radius 1 is 1.33 bits per heavy atom. The van der Waals surface area contributed by atoms with Crippen LogP contribution in [-0.4, -0.2) is 6.54 Å². The lowest BCUT2D eigenvalue weighted by Gasteiger charge is -2.05. The molecule has 0 aliphatic rings. The van der Waals surface area contributed by atoms with E-state index in [1.807, 2.05) is 6.92 Å². The summed E-state index contributed by atoms with van der Waals surface area (Å²) in [5.41, 5.74) is 1.85. The normalized spacial score (nSPS) is 10.3. The summed E-state index contributed by atoms with van der Waals surface area (Å²) >= 11 is 0. The van der Waals surface area contributed by atoms with Gasteiger partial charge in [-0.2, -0.15) is 0 Å². The minimum atomic E-state index is -0.805. The van der Waals surface area contributed by atoms with Crippen molar-refractivity contribution in [2.75, 3.05) is 6.54 Å². The van der Waals surface area contributed by atoms with E-state index >= 15 is 0 Å². The molecule has 0 radical (unpaired) electrons. The highest BCUT2D eigenvalue weighted by Gasteiger charge is 2.01. The Morgan fingerprint density at radius 2 is 2.07 bits per heavy atom. The molecule has 0 fully saturated rings. The van der Waals surface area contributed by atoms with Crippen molar-refractivity contribution in [2.45, 2.75) is 19.9 Å². The van der Waals surface area contributed by atoms with Crippen LogP contribution in [0.3, 0.4) is 0 Å². The summed E-state index contributed by atoms with van der Waals surface area (Å²) in [5.74, 6) is -1.60. The van der Waals surface area contributed by atoms with E-state index in [2.05, 4.69) is 11.9 Å². The minimum Gasteiger partial charge on any atom is -0.312 e. The largest absolute Gasteiger partial charge is 0.312 e. The molecule has 0 amide bonds. The van der Waals surface area contributed by atoms with Crippen LogP contribution in [0, 0.1) is 11.6 Å². The molecule has 1 N–H and O–H groups in total. The molecule has 0 aromatic heterocycles. The average Bonchev–Trinajstić information content (AvgIpc) is 2.18. The van der Waals surface area contributed by atoms with E-state index in [9.17, 15) is 8.78 Å². The van der Waals surface area contributed by atoms with Gasteiger partial charge in [-0.1, -0.05) is 11.6 Å². The van der Waals surface area contributed by atoms with Gasteiger partial charge in [0.05, 0.1) is 0 Å². The highest BCUT2D eigenvalue weighted by molar-refractivity contribution is 5.17. The number of hydrogen-bond donors (Lipinski definition) is 1. The number of nitrogens with one attached hydrogen (secondary N) is 1. The number of hydrogen-bond acceptors (Lipinski definition) is 1. The van der Waals surface area contributed by atoms with Gasteiger partial charge in [-0.15, -0.1) is 6.58 Å². The molecule has 0 bridgehead atoms. The molecule has 15 heavy (non-hydrogen) atoms. The fourth-order valence-electron chi connectivity index (χ4n) is 1.18. The highest BCUT2D eigenvalue weighted by atomic mass is 19.2. The van der Waals surface area contributed by atoms with E-state index < -0.39 is 11.6 Å². The van der Waals surface area contributed by atoms with Crippen molar-refractivity contribution in [1.29, 1.82) is 0 Å². The minimum absolute atomic E-state index is 0.546. The third-order valence-corrected chi connectivity index (χ3v) is 2.04. The second-order valence-corrected chi connectivity index (χ2v) is 3.63. The van der Waals surface area contributed by atoms with Gasteiger partial charge in [-0.05, 0) is 37.6 Å². The number of rotatable bonds is 5. The van der Waals surface area contributed by atoms with Gasteiger partial charge in [0.1, 0.15) is 0 Å². The van der Waals surface area contributed by atoms with Gasteiger partial charge < -0.3 is 5.32 Å². The van der Waals surface area contributed by atoms with Crippen molar-refractivity contribution >= 4 is 0 Å². The van der Waals surface area contributed by atoms with E-state index in [1.165, 1.54) is 6.07 Å². The van der Waals surface area contributed by atoms with Gasteiger partial charge in [0.25, 0.3) is 0 Å². The third kappa shape index (κ3) is 4.21. The zero-order valence-corrected chi connectivity index (χ0v) is 8.82. The van der Waals surface area contributed by atoms with Crippen LogP contribution in [-0.2, 0) is 6.54 Å². The fraction of sp³-hybridized carbons (Fsp3) is 0.333. The van der Waals surface area contributed by atoms with E-state index in [-0.39, 0.29) is 0 Å². The zero-order valence-electron chi connectivity index (χ0n) is 8.82. The molecule has 1 rings (SSSR count). The molecule has 1 aromatic rings. The Morgan fingerprint density at radius 3 is 2.67 bits per heavy atom. The van der Waals surface area contributed by atoms with Crippen molar-refractivity contribution in [3.05, 3.63) is 47.5 Å². The van der Waals surface area contributed by atoms with Crippen LogP contribution >= 0.6 is 0 Å². The van der Waals surface area contributed by atoms with Crippen LogP contribution < -0.4 is 5.32 Å². The highest BCUT2D eigenvalue weighted by Crippen LogP contribution is 2.08. The Kier molecular flexibility index (Phi) is 4.43. The first kappa shape index (κ1) is 11.9. The molecule has 0 aliphatic heterocycles. The van der Waals surface area contributed by atoms with Crippen molar-refractivity contribution in [3.63, 3.8) is 0 Å². The Bertz CT molecular complexity index is 347. The van der Waals surface area contributed by atoms with E-state index in [0.29, 0.717) is 6.54 Å². The lowest BCUT2D eigenvalue weighted by molar-refractivity contribution is 0.506. The summed E-state index contributed by atoms with van der Waals surface area (Å²) in [7, 11) is 0. The second-order valence-electron chi connectivity index (χ2n) is 3.63. The molecule has 0 aliphatic carbocycles. The SMILES string of the molecule is C=C(C)CCNCc1ccc(F)c(F)c1. The Balaban J connectivity index is 2.38. The number of benzene rings is 1. The summed E-state index contributed by atoms with van der Waals surface area (Å²) in [5, 5.41) is 3.13. The molecule has 0 heterocycles. The Hall–Kier alpha value is -1.22. The lowest BCUT2D eigenvalue weighted by Crippen LogP contribution is -2.15. The van der Waals surface area contributed by atoms with Crippen LogP contribution in [0.25, 0.3) is 0 Å². The molecule has 0 saturated heterocycles. The molecule has 0 saturated carbocycles.